The lowest BCUT2D eigenvalue weighted by molar-refractivity contribution is -0.103. The lowest BCUT2D eigenvalue weighted by Gasteiger charge is -2.06. The number of benzene rings is 2. The molecule has 2 aromatic carbocycles. The summed E-state index contributed by atoms with van der Waals surface area (Å²) >= 11 is 7.88. The third-order valence-electron chi connectivity index (χ3n) is 2.85. The van der Waals surface area contributed by atoms with Crippen LogP contribution in [0.25, 0.3) is 10.6 Å². The maximum absolute atomic E-state index is 12.9. The first kappa shape index (κ1) is 14.8. The summed E-state index contributed by atoms with van der Waals surface area (Å²) in [4.78, 5) is 12.4. The van der Waals surface area contributed by atoms with E-state index < -0.39 is 0 Å². The number of carbonyl (C=O) groups excluding carboxylic acids is 1. The van der Waals surface area contributed by atoms with E-state index in [9.17, 15) is 9.18 Å². The van der Waals surface area contributed by atoms with Crippen LogP contribution in [-0.4, -0.2) is 12.5 Å². The fourth-order valence-electron chi connectivity index (χ4n) is 1.77. The third kappa shape index (κ3) is 3.30. The number of rotatable bonds is 4. The number of halogens is 2. The van der Waals surface area contributed by atoms with Crippen LogP contribution in [0.2, 0.25) is 0 Å². The lowest BCUT2D eigenvalue weighted by Crippen LogP contribution is -1.90. The molecule has 0 aromatic heterocycles. The predicted octanol–water partition coefficient (Wildman–Crippen LogP) is 4.85. The second-order valence-electron chi connectivity index (χ2n) is 4.08. The SMILES string of the molecule is CSc1ccc(/C(C=O)=C(\Cl)c2ccc(F)cc2)cc1. The van der Waals surface area contributed by atoms with Crippen molar-refractivity contribution in [3.8, 4) is 0 Å². The van der Waals surface area contributed by atoms with Gasteiger partial charge < -0.3 is 0 Å². The van der Waals surface area contributed by atoms with Gasteiger partial charge in [-0.3, -0.25) is 4.79 Å². The van der Waals surface area contributed by atoms with Crippen LogP contribution < -0.4 is 0 Å². The van der Waals surface area contributed by atoms with Gasteiger partial charge in [0.05, 0.1) is 5.03 Å². The minimum absolute atomic E-state index is 0.317. The zero-order chi connectivity index (χ0) is 14.5. The molecule has 102 valence electrons. The summed E-state index contributed by atoms with van der Waals surface area (Å²) in [7, 11) is 0. The summed E-state index contributed by atoms with van der Waals surface area (Å²) in [5.74, 6) is -0.338. The Balaban J connectivity index is 2.45. The van der Waals surface area contributed by atoms with Crippen LogP contribution in [0.3, 0.4) is 0 Å². The highest BCUT2D eigenvalue weighted by Crippen LogP contribution is 2.29. The van der Waals surface area contributed by atoms with Gasteiger partial charge >= 0.3 is 0 Å². The molecule has 0 spiro atoms. The standard InChI is InChI=1S/C16H12ClFOS/c1-20-14-8-4-11(5-9-14)15(10-19)16(17)12-2-6-13(18)7-3-12/h2-10H,1H3/b16-15-. The molecule has 0 unspecified atom stereocenters. The summed E-state index contributed by atoms with van der Waals surface area (Å²) < 4.78 is 12.9. The monoisotopic (exact) mass is 306 g/mol. The van der Waals surface area contributed by atoms with E-state index in [2.05, 4.69) is 0 Å². The van der Waals surface area contributed by atoms with Gasteiger partial charge in [-0.05, 0) is 41.6 Å². The smallest absolute Gasteiger partial charge is 0.152 e. The van der Waals surface area contributed by atoms with E-state index in [4.69, 9.17) is 11.6 Å². The molecule has 0 amide bonds. The second-order valence-corrected chi connectivity index (χ2v) is 5.34. The summed E-state index contributed by atoms with van der Waals surface area (Å²) in [5, 5.41) is 0.317. The Morgan fingerprint density at radius 3 is 2.10 bits per heavy atom. The molecule has 4 heteroatoms. The van der Waals surface area contributed by atoms with Crippen LogP contribution in [0.1, 0.15) is 11.1 Å². The van der Waals surface area contributed by atoms with Crippen molar-refractivity contribution in [3.05, 3.63) is 65.5 Å². The van der Waals surface area contributed by atoms with Gasteiger partial charge in [-0.2, -0.15) is 0 Å². The third-order valence-corrected chi connectivity index (χ3v) is 4.02. The molecule has 0 fully saturated rings. The van der Waals surface area contributed by atoms with E-state index in [1.807, 2.05) is 30.5 Å². The van der Waals surface area contributed by atoms with Crippen LogP contribution in [0, 0.1) is 5.82 Å². The first-order valence-corrected chi connectivity index (χ1v) is 7.51. The largest absolute Gasteiger partial charge is 0.298 e. The number of carbonyl (C=O) groups is 1. The van der Waals surface area contributed by atoms with Crippen molar-refractivity contribution in [1.82, 2.24) is 0 Å². The molecule has 0 atom stereocenters. The number of allylic oxidation sites excluding steroid dienone is 1. The van der Waals surface area contributed by atoms with Crippen LogP contribution in [-0.2, 0) is 4.79 Å². The number of thioether (sulfide) groups is 1. The van der Waals surface area contributed by atoms with Crippen molar-refractivity contribution >= 4 is 40.3 Å². The van der Waals surface area contributed by atoms with Gasteiger partial charge in [-0.15, -0.1) is 11.8 Å². The normalized spacial score (nSPS) is 11.9. The Kier molecular flexibility index (Phi) is 4.99. The maximum Gasteiger partial charge on any atom is 0.152 e. The lowest BCUT2D eigenvalue weighted by atomic mass is 10.0. The van der Waals surface area contributed by atoms with Crippen LogP contribution in [0.5, 0.6) is 0 Å². The molecule has 0 saturated heterocycles. The van der Waals surface area contributed by atoms with Gasteiger partial charge in [-0.1, -0.05) is 35.9 Å². The van der Waals surface area contributed by atoms with E-state index >= 15 is 0 Å². The van der Waals surface area contributed by atoms with Crippen molar-refractivity contribution in [2.24, 2.45) is 0 Å². The van der Waals surface area contributed by atoms with Gasteiger partial charge in [0.2, 0.25) is 0 Å². The van der Waals surface area contributed by atoms with Gasteiger partial charge in [0.15, 0.2) is 6.29 Å². The number of hydrogen-bond acceptors (Lipinski definition) is 2. The fourth-order valence-corrected chi connectivity index (χ4v) is 2.46. The molecule has 0 N–H and O–H groups in total. The highest BCUT2D eigenvalue weighted by molar-refractivity contribution is 7.98. The average molecular weight is 307 g/mol. The van der Waals surface area contributed by atoms with E-state index in [1.54, 1.807) is 23.9 Å². The average Bonchev–Trinajstić information content (AvgIpc) is 2.49. The number of hydrogen-bond donors (Lipinski definition) is 0. The van der Waals surface area contributed by atoms with E-state index in [0.29, 0.717) is 16.2 Å². The molecule has 0 saturated carbocycles. The molecule has 0 radical (unpaired) electrons. The van der Waals surface area contributed by atoms with Crippen molar-refractivity contribution in [2.75, 3.05) is 6.26 Å². The molecule has 20 heavy (non-hydrogen) atoms. The van der Waals surface area contributed by atoms with Crippen molar-refractivity contribution in [2.45, 2.75) is 4.90 Å². The maximum atomic E-state index is 12.9. The summed E-state index contributed by atoms with van der Waals surface area (Å²) in [6, 6.07) is 13.3. The van der Waals surface area contributed by atoms with Crippen LogP contribution >= 0.6 is 23.4 Å². The second kappa shape index (κ2) is 6.73. The molecular formula is C16H12ClFOS. The van der Waals surface area contributed by atoms with E-state index in [0.717, 1.165) is 16.7 Å². The van der Waals surface area contributed by atoms with E-state index in [-0.39, 0.29) is 5.82 Å². The number of aldehydes is 1. The van der Waals surface area contributed by atoms with Gasteiger partial charge in [-0.25, -0.2) is 4.39 Å². The van der Waals surface area contributed by atoms with Crippen LogP contribution in [0.4, 0.5) is 4.39 Å². The Morgan fingerprint density at radius 2 is 1.60 bits per heavy atom. The summed E-state index contributed by atoms with van der Waals surface area (Å²) in [6.07, 6.45) is 2.71. The Labute approximate surface area is 126 Å². The van der Waals surface area contributed by atoms with Crippen molar-refractivity contribution < 1.29 is 9.18 Å². The van der Waals surface area contributed by atoms with E-state index in [1.165, 1.54) is 12.1 Å². The highest BCUT2D eigenvalue weighted by Gasteiger charge is 2.09. The molecular weight excluding hydrogens is 295 g/mol. The van der Waals surface area contributed by atoms with Crippen LogP contribution in [0.15, 0.2) is 53.4 Å². The topological polar surface area (TPSA) is 17.1 Å². The fraction of sp³-hybridized carbons (Fsp3) is 0.0625. The Morgan fingerprint density at radius 1 is 1.05 bits per heavy atom. The van der Waals surface area contributed by atoms with Gasteiger partial charge in [0, 0.05) is 10.5 Å². The summed E-state index contributed by atoms with van der Waals surface area (Å²) in [6.45, 7) is 0. The van der Waals surface area contributed by atoms with Gasteiger partial charge in [0.1, 0.15) is 5.82 Å². The minimum Gasteiger partial charge on any atom is -0.298 e. The first-order valence-electron chi connectivity index (χ1n) is 5.91. The summed E-state index contributed by atoms with van der Waals surface area (Å²) in [5.41, 5.74) is 1.75. The zero-order valence-corrected chi connectivity index (χ0v) is 12.3. The molecule has 2 aromatic rings. The highest BCUT2D eigenvalue weighted by atomic mass is 35.5. The van der Waals surface area contributed by atoms with Crippen molar-refractivity contribution in [1.29, 1.82) is 0 Å². The van der Waals surface area contributed by atoms with Gasteiger partial charge in [0.25, 0.3) is 0 Å². The minimum atomic E-state index is -0.338. The Hall–Kier alpha value is -1.58. The molecule has 0 aliphatic rings. The zero-order valence-electron chi connectivity index (χ0n) is 10.8. The Bertz CT molecular complexity index is 633. The van der Waals surface area contributed by atoms with Crippen molar-refractivity contribution in [3.63, 3.8) is 0 Å². The molecule has 1 nitrogen and oxygen atoms in total. The molecule has 2 rings (SSSR count). The molecule has 0 aliphatic carbocycles. The molecule has 0 aliphatic heterocycles. The molecule has 0 bridgehead atoms. The predicted molar refractivity (Wildman–Crippen MR) is 83.4 cm³/mol. The quantitative estimate of drug-likeness (QED) is 0.347. The molecule has 0 heterocycles. The first-order chi connectivity index (χ1) is 9.65.